The summed E-state index contributed by atoms with van der Waals surface area (Å²) in [6.45, 7) is 0.133. The van der Waals surface area contributed by atoms with E-state index in [0.717, 1.165) is 22.3 Å². The lowest BCUT2D eigenvalue weighted by Gasteiger charge is -2.39. The fraction of sp³-hybridized carbons (Fsp3) is 0.538. The minimum atomic E-state index is -1.41. The van der Waals surface area contributed by atoms with Gasteiger partial charge in [0.25, 0.3) is 0 Å². The largest absolute Gasteiger partial charge is 0.390 e. The monoisotopic (exact) mass is 606 g/mol. The van der Waals surface area contributed by atoms with Gasteiger partial charge in [0.1, 0.15) is 12.2 Å². The highest BCUT2D eigenvalue weighted by Gasteiger charge is 2.44. The molecule has 2 saturated carbocycles. The van der Waals surface area contributed by atoms with Crippen LogP contribution in [0.4, 0.5) is 0 Å². The highest BCUT2D eigenvalue weighted by molar-refractivity contribution is 5.63. The van der Waals surface area contributed by atoms with Gasteiger partial charge < -0.3 is 29.9 Å². The average Bonchev–Trinajstić information content (AvgIpc) is 3.03. The summed E-state index contributed by atoms with van der Waals surface area (Å²) in [7, 11) is 0. The number of ether oxygens (including phenoxy) is 2. The summed E-state index contributed by atoms with van der Waals surface area (Å²) in [6.07, 6.45) is -7.47. The first-order valence-corrected chi connectivity index (χ1v) is 13.6. The molecule has 0 unspecified atom stereocenters. The van der Waals surface area contributed by atoms with Crippen molar-refractivity contribution in [3.63, 3.8) is 0 Å². The van der Waals surface area contributed by atoms with Crippen molar-refractivity contribution in [2.75, 3.05) is 0 Å². The molecule has 4 rings (SSSR count). The van der Waals surface area contributed by atoms with Crippen LogP contribution >= 0.6 is 0 Å². The maximum atomic E-state index is 10.5. The molecule has 0 amide bonds. The summed E-state index contributed by atoms with van der Waals surface area (Å²) in [4.78, 5) is 10.9. The maximum Gasteiger partial charge on any atom is 0.107 e. The van der Waals surface area contributed by atoms with Gasteiger partial charge in [-0.3, -0.25) is 0 Å². The van der Waals surface area contributed by atoms with E-state index in [9.17, 15) is 20.4 Å². The Bertz CT molecular complexity index is 1360. The van der Waals surface area contributed by atoms with Gasteiger partial charge in [0.15, 0.2) is 0 Å². The van der Waals surface area contributed by atoms with Crippen molar-refractivity contribution in [2.45, 2.75) is 86.8 Å². The molecular formula is C26H30N12O6. The minimum absolute atomic E-state index is 0.0342. The second-order valence-corrected chi connectivity index (χ2v) is 10.5. The predicted molar refractivity (Wildman–Crippen MR) is 154 cm³/mol. The molecule has 0 aromatic heterocycles. The van der Waals surface area contributed by atoms with Crippen molar-refractivity contribution >= 4 is 0 Å². The fourth-order valence-corrected chi connectivity index (χ4v) is 5.45. The molecule has 2 aromatic carbocycles. The maximum absolute atomic E-state index is 10.5. The normalized spacial score (nSPS) is 31.4. The Kier molecular flexibility index (Phi) is 11.2. The van der Waals surface area contributed by atoms with Crippen molar-refractivity contribution in [3.05, 3.63) is 101 Å². The zero-order chi connectivity index (χ0) is 31.6. The number of hydrogen-bond acceptors (Lipinski definition) is 10. The highest BCUT2D eigenvalue weighted by Crippen LogP contribution is 2.30. The molecular weight excluding hydrogens is 576 g/mol. The van der Waals surface area contributed by atoms with Gasteiger partial charge in [-0.15, -0.1) is 0 Å². The van der Waals surface area contributed by atoms with Gasteiger partial charge in [-0.1, -0.05) is 69.0 Å². The average molecular weight is 607 g/mol. The standard InChI is InChI=1S/C26H30N12O6/c27-35-31-17-9-19(33-37-29)25(23(41)21(17)39)43-11-13-1-5-15(6-2-13)16-7-3-14(4-8-16)12-44-26-20(34-38-30)10-18(32-36-28)22(40)24(26)42/h1-8,17-26,39-42H,9-12H2/t17-,18-,19+,20+,21+,22+,23-,24-,25-,26-/m1/s1. The van der Waals surface area contributed by atoms with Gasteiger partial charge >= 0.3 is 0 Å². The highest BCUT2D eigenvalue weighted by atomic mass is 16.5. The Morgan fingerprint density at radius 1 is 0.523 bits per heavy atom. The van der Waals surface area contributed by atoms with Crippen LogP contribution in [0.2, 0.25) is 0 Å². The molecule has 2 fully saturated rings. The Morgan fingerprint density at radius 2 is 0.841 bits per heavy atom. The summed E-state index contributed by atoms with van der Waals surface area (Å²) in [5.41, 5.74) is 38.5. The van der Waals surface area contributed by atoms with E-state index < -0.39 is 60.8 Å². The smallest absolute Gasteiger partial charge is 0.107 e. The van der Waals surface area contributed by atoms with E-state index in [2.05, 4.69) is 40.1 Å². The van der Waals surface area contributed by atoms with E-state index in [0.29, 0.717) is 0 Å². The van der Waals surface area contributed by atoms with Gasteiger partial charge in [-0.25, -0.2) is 0 Å². The number of benzene rings is 2. The molecule has 0 aliphatic heterocycles. The molecule has 4 N–H and O–H groups in total. The second kappa shape index (κ2) is 15.3. The zero-order valence-corrected chi connectivity index (χ0v) is 23.2. The van der Waals surface area contributed by atoms with Gasteiger partial charge in [0.05, 0.1) is 61.8 Å². The van der Waals surface area contributed by atoms with Crippen LogP contribution in [0.15, 0.2) is 69.0 Å². The van der Waals surface area contributed by atoms with Crippen LogP contribution < -0.4 is 0 Å². The number of aliphatic hydroxyl groups is 4. The van der Waals surface area contributed by atoms with E-state index in [1.165, 1.54) is 0 Å². The summed E-state index contributed by atoms with van der Waals surface area (Å²) in [5.74, 6) is 0. The van der Waals surface area contributed by atoms with Crippen molar-refractivity contribution < 1.29 is 29.9 Å². The molecule has 10 atom stereocenters. The molecule has 0 heterocycles. The first-order valence-electron chi connectivity index (χ1n) is 13.6. The topological polar surface area (TPSA) is 294 Å². The molecule has 2 aliphatic carbocycles. The summed E-state index contributed by atoms with van der Waals surface area (Å²) in [5, 5.41) is 55.9. The Balaban J connectivity index is 1.36. The van der Waals surface area contributed by atoms with Crippen molar-refractivity contribution in [2.24, 2.45) is 20.5 Å². The van der Waals surface area contributed by atoms with E-state index in [1.807, 2.05) is 48.5 Å². The Hall–Kier alpha value is -4.56. The first kappa shape index (κ1) is 32.4. The third kappa shape index (κ3) is 7.50. The predicted octanol–water partition coefficient (Wildman–Crippen LogP) is 4.09. The number of azide groups is 4. The summed E-state index contributed by atoms with van der Waals surface area (Å²) in [6, 6.07) is 11.3. The van der Waals surface area contributed by atoms with Crippen LogP contribution in [0.5, 0.6) is 0 Å². The first-order chi connectivity index (χ1) is 21.3. The molecule has 0 bridgehead atoms. The second-order valence-electron chi connectivity index (χ2n) is 10.5. The van der Waals surface area contributed by atoms with Gasteiger partial charge in [-0.2, -0.15) is 0 Å². The van der Waals surface area contributed by atoms with E-state index in [1.54, 1.807) is 0 Å². The van der Waals surface area contributed by atoms with Crippen molar-refractivity contribution in [3.8, 4) is 11.1 Å². The number of nitrogens with zero attached hydrogens (tertiary/aromatic N) is 12. The van der Waals surface area contributed by atoms with E-state index >= 15 is 0 Å². The SMILES string of the molecule is [N-]=[N+]=N[C@H]1C[C@@H](N=[N+]=[N-])[C@H](O)[C@@H](O)[C@@H]1OCc1ccc(-c2ccc(CO[C@H]3[C@H](O)[C@@H](O)[C@H](N=[N+]=[N-])C[C@@H]3N=[N+]=[N-])cc2)cc1. The lowest BCUT2D eigenvalue weighted by Crippen LogP contribution is -2.55. The van der Waals surface area contributed by atoms with Gasteiger partial charge in [-0.05, 0) is 57.2 Å². The fourth-order valence-electron chi connectivity index (χ4n) is 5.45. The van der Waals surface area contributed by atoms with Crippen molar-refractivity contribution in [1.82, 2.24) is 0 Å². The van der Waals surface area contributed by atoms with Crippen LogP contribution in [0, 0.1) is 0 Å². The number of aliphatic hydroxyl groups excluding tert-OH is 4. The molecule has 0 saturated heterocycles. The number of hydrogen-bond donors (Lipinski definition) is 4. The lowest BCUT2D eigenvalue weighted by atomic mass is 9.84. The molecule has 44 heavy (non-hydrogen) atoms. The van der Waals surface area contributed by atoms with Crippen LogP contribution in [-0.4, -0.2) is 81.2 Å². The molecule has 18 heteroatoms. The van der Waals surface area contributed by atoms with E-state index in [4.69, 9.17) is 31.6 Å². The molecule has 230 valence electrons. The third-order valence-corrected chi connectivity index (χ3v) is 7.81. The molecule has 0 radical (unpaired) electrons. The molecule has 2 aliphatic rings. The molecule has 0 spiro atoms. The van der Waals surface area contributed by atoms with Crippen LogP contribution in [-0.2, 0) is 22.7 Å². The summed E-state index contributed by atoms with van der Waals surface area (Å²) >= 11 is 0. The Morgan fingerprint density at radius 3 is 1.16 bits per heavy atom. The zero-order valence-electron chi connectivity index (χ0n) is 23.2. The van der Waals surface area contributed by atoms with Gasteiger partial charge in [0, 0.05) is 19.6 Å². The lowest BCUT2D eigenvalue weighted by molar-refractivity contribution is -0.131. The van der Waals surface area contributed by atoms with Crippen LogP contribution in [0.1, 0.15) is 24.0 Å². The van der Waals surface area contributed by atoms with Crippen LogP contribution in [0.25, 0.3) is 52.9 Å². The van der Waals surface area contributed by atoms with E-state index in [-0.39, 0.29) is 26.1 Å². The van der Waals surface area contributed by atoms with Gasteiger partial charge in [0.2, 0.25) is 0 Å². The molecule has 18 nitrogen and oxygen atoms in total. The quantitative estimate of drug-likeness (QED) is 0.166. The van der Waals surface area contributed by atoms with Crippen molar-refractivity contribution in [1.29, 1.82) is 0 Å². The molecule has 2 aromatic rings. The third-order valence-electron chi connectivity index (χ3n) is 7.81. The minimum Gasteiger partial charge on any atom is -0.390 e. The number of rotatable bonds is 11. The Labute approximate surface area is 250 Å². The summed E-state index contributed by atoms with van der Waals surface area (Å²) < 4.78 is 11.7. The van der Waals surface area contributed by atoms with Crippen LogP contribution in [0.3, 0.4) is 0 Å².